The summed E-state index contributed by atoms with van der Waals surface area (Å²) in [5, 5.41) is 19.4. The number of ether oxygens (including phenoxy) is 1. The van der Waals surface area contributed by atoms with E-state index in [4.69, 9.17) is 26.9 Å². The Morgan fingerprint density at radius 1 is 1.42 bits per heavy atom. The molecular weight excluding hydrogens is 330 g/mol. The first kappa shape index (κ1) is 18.3. The van der Waals surface area contributed by atoms with Crippen LogP contribution in [0.5, 0.6) is 0 Å². The van der Waals surface area contributed by atoms with Crippen molar-refractivity contribution < 1.29 is 14.6 Å². The molecule has 7 heteroatoms. The lowest BCUT2D eigenvalue weighted by molar-refractivity contribution is 0.0696. The van der Waals surface area contributed by atoms with Crippen LogP contribution in [0.2, 0.25) is 5.15 Å². The molecule has 24 heavy (non-hydrogen) atoms. The monoisotopic (exact) mass is 351 g/mol. The number of hydrogen-bond acceptors (Lipinski definition) is 5. The Kier molecular flexibility index (Phi) is 4.90. The molecule has 1 saturated carbocycles. The second-order valence-corrected chi connectivity index (χ2v) is 7.35. The Bertz CT molecular complexity index is 684. The van der Waals surface area contributed by atoms with Crippen LogP contribution in [0, 0.1) is 22.2 Å². The van der Waals surface area contributed by atoms with Crippen molar-refractivity contribution >= 4 is 29.3 Å². The first-order chi connectivity index (χ1) is 11.1. The number of rotatable bonds is 6. The maximum Gasteiger partial charge on any atom is 0.338 e. The zero-order chi connectivity index (χ0) is 18.1. The second kappa shape index (κ2) is 6.43. The van der Waals surface area contributed by atoms with Gasteiger partial charge in [-0.3, -0.25) is 5.41 Å². The summed E-state index contributed by atoms with van der Waals surface area (Å²) in [5.41, 5.74) is 0.390. The van der Waals surface area contributed by atoms with Gasteiger partial charge in [0.2, 0.25) is 5.90 Å². The van der Waals surface area contributed by atoms with E-state index in [1.165, 1.54) is 24.4 Å². The van der Waals surface area contributed by atoms with Gasteiger partial charge < -0.3 is 15.2 Å². The molecule has 0 bridgehead atoms. The number of aromatic carboxylic acids is 1. The third kappa shape index (κ3) is 3.53. The van der Waals surface area contributed by atoms with Gasteiger partial charge in [-0.1, -0.05) is 39.3 Å². The van der Waals surface area contributed by atoms with Crippen molar-refractivity contribution in [2.75, 3.05) is 11.9 Å². The van der Waals surface area contributed by atoms with Gasteiger partial charge in [0.1, 0.15) is 11.0 Å². The smallest absolute Gasteiger partial charge is 0.338 e. The lowest BCUT2D eigenvalue weighted by Crippen LogP contribution is -2.07. The molecule has 1 fully saturated rings. The van der Waals surface area contributed by atoms with Gasteiger partial charge in [0, 0.05) is 18.2 Å². The fourth-order valence-corrected chi connectivity index (χ4v) is 3.08. The van der Waals surface area contributed by atoms with Crippen molar-refractivity contribution in [2.45, 2.75) is 27.7 Å². The summed E-state index contributed by atoms with van der Waals surface area (Å²) >= 11 is 5.79. The molecule has 0 atom stereocenters. The molecule has 130 valence electrons. The van der Waals surface area contributed by atoms with E-state index >= 15 is 0 Å². The van der Waals surface area contributed by atoms with Crippen molar-refractivity contribution in [2.24, 2.45) is 16.7 Å². The third-order valence-corrected chi connectivity index (χ3v) is 5.56. The molecule has 2 rings (SSSR count). The van der Waals surface area contributed by atoms with Crippen molar-refractivity contribution in [3.8, 4) is 0 Å². The van der Waals surface area contributed by atoms with Gasteiger partial charge >= 0.3 is 5.97 Å². The first-order valence-corrected chi connectivity index (χ1v) is 7.99. The Morgan fingerprint density at radius 2 is 2.04 bits per heavy atom. The fraction of sp³-hybridized carbons (Fsp3) is 0.471. The highest BCUT2D eigenvalue weighted by atomic mass is 35.5. The molecule has 0 saturated heterocycles. The molecule has 0 aromatic carbocycles. The lowest BCUT2D eigenvalue weighted by atomic mass is 10.0. The van der Waals surface area contributed by atoms with Crippen molar-refractivity contribution in [3.63, 3.8) is 0 Å². The summed E-state index contributed by atoms with van der Waals surface area (Å²) in [6, 6.07) is 2.87. The van der Waals surface area contributed by atoms with Crippen molar-refractivity contribution in [1.82, 2.24) is 4.98 Å². The van der Waals surface area contributed by atoms with E-state index in [9.17, 15) is 4.79 Å². The van der Waals surface area contributed by atoms with Crippen LogP contribution in [0.1, 0.15) is 38.1 Å². The zero-order valence-corrected chi connectivity index (χ0v) is 14.9. The SMILES string of the molecule is CC1(C)C(COC(=N)/C=C\Nc2ccc(C(=O)O)c(Cl)n2)C1(C)C. The summed E-state index contributed by atoms with van der Waals surface area (Å²) in [5.74, 6) is -0.265. The quantitative estimate of drug-likeness (QED) is 0.408. The molecule has 0 unspecified atom stereocenters. The highest BCUT2D eigenvalue weighted by molar-refractivity contribution is 6.32. The molecule has 1 heterocycles. The summed E-state index contributed by atoms with van der Waals surface area (Å²) in [6.07, 6.45) is 2.98. The minimum Gasteiger partial charge on any atom is -0.478 e. The summed E-state index contributed by atoms with van der Waals surface area (Å²) in [7, 11) is 0. The molecule has 1 aromatic rings. The van der Waals surface area contributed by atoms with Gasteiger partial charge in [-0.15, -0.1) is 0 Å². The number of hydrogen-bond donors (Lipinski definition) is 3. The predicted molar refractivity (Wildman–Crippen MR) is 93.7 cm³/mol. The van der Waals surface area contributed by atoms with Gasteiger partial charge in [-0.25, -0.2) is 9.78 Å². The van der Waals surface area contributed by atoms with Crippen molar-refractivity contribution in [1.29, 1.82) is 5.41 Å². The van der Waals surface area contributed by atoms with E-state index in [2.05, 4.69) is 38.0 Å². The predicted octanol–water partition coefficient (Wildman–Crippen LogP) is 4.03. The number of carboxylic acids is 1. The molecule has 1 aliphatic carbocycles. The van der Waals surface area contributed by atoms with Crippen LogP contribution in [0.25, 0.3) is 0 Å². The number of anilines is 1. The average molecular weight is 352 g/mol. The molecule has 0 amide bonds. The highest BCUT2D eigenvalue weighted by Gasteiger charge is 2.64. The third-order valence-electron chi connectivity index (χ3n) is 5.27. The van der Waals surface area contributed by atoms with E-state index < -0.39 is 5.97 Å². The average Bonchev–Trinajstić information content (AvgIpc) is 2.85. The van der Waals surface area contributed by atoms with Gasteiger partial charge in [-0.2, -0.15) is 0 Å². The minimum absolute atomic E-state index is 0.0502. The summed E-state index contributed by atoms with van der Waals surface area (Å²) < 4.78 is 5.48. The van der Waals surface area contributed by atoms with Crippen LogP contribution in [0.15, 0.2) is 24.4 Å². The Labute approximate surface area is 146 Å². The molecule has 6 nitrogen and oxygen atoms in total. The van der Waals surface area contributed by atoms with Crippen LogP contribution in [-0.2, 0) is 4.74 Å². The molecule has 0 aliphatic heterocycles. The lowest BCUT2D eigenvalue weighted by Gasteiger charge is -2.06. The van der Waals surface area contributed by atoms with Crippen LogP contribution in [-0.4, -0.2) is 28.6 Å². The Hall–Kier alpha value is -2.08. The second-order valence-electron chi connectivity index (χ2n) is 6.99. The minimum atomic E-state index is -1.13. The van der Waals surface area contributed by atoms with Gasteiger partial charge in [-0.05, 0) is 23.0 Å². The Balaban J connectivity index is 1.83. The maximum atomic E-state index is 10.9. The zero-order valence-electron chi connectivity index (χ0n) is 14.2. The highest BCUT2D eigenvalue weighted by Crippen LogP contribution is 2.68. The van der Waals surface area contributed by atoms with Gasteiger partial charge in [0.15, 0.2) is 0 Å². The molecule has 0 spiro atoms. The topological polar surface area (TPSA) is 95.3 Å². The van der Waals surface area contributed by atoms with E-state index in [-0.39, 0.29) is 27.4 Å². The van der Waals surface area contributed by atoms with Crippen LogP contribution in [0.3, 0.4) is 0 Å². The Morgan fingerprint density at radius 3 is 2.54 bits per heavy atom. The summed E-state index contributed by atoms with van der Waals surface area (Å²) in [6.45, 7) is 9.34. The van der Waals surface area contributed by atoms with E-state index in [1.54, 1.807) is 0 Å². The molecule has 1 aromatic heterocycles. The number of carbonyl (C=O) groups is 1. The molecular formula is C17H22ClN3O3. The number of pyridine rings is 1. The van der Waals surface area contributed by atoms with Crippen LogP contribution >= 0.6 is 11.6 Å². The normalized spacial score (nSPS) is 18.4. The van der Waals surface area contributed by atoms with Crippen LogP contribution in [0.4, 0.5) is 5.82 Å². The largest absolute Gasteiger partial charge is 0.478 e. The molecule has 3 N–H and O–H groups in total. The van der Waals surface area contributed by atoms with Gasteiger partial charge in [0.25, 0.3) is 0 Å². The standard InChI is InChI=1S/C17H22ClN3O3/c1-16(2)11(17(16,3)4)9-24-12(19)7-8-20-13-6-5-10(15(22)23)14(18)21-13/h5-8,11,19H,9H2,1-4H3,(H,20,21)(H,22,23)/b8-7-,19-12?. The van der Waals surface area contributed by atoms with Crippen LogP contribution < -0.4 is 5.32 Å². The number of aromatic nitrogens is 1. The number of carboxylic acid groups (broad SMARTS) is 1. The van der Waals surface area contributed by atoms with E-state index in [0.29, 0.717) is 18.3 Å². The fourth-order valence-electron chi connectivity index (χ4n) is 2.85. The number of halogens is 1. The number of nitrogens with one attached hydrogen (secondary N) is 2. The van der Waals surface area contributed by atoms with Crippen molar-refractivity contribution in [3.05, 3.63) is 35.1 Å². The van der Waals surface area contributed by atoms with E-state index in [0.717, 1.165) is 0 Å². The van der Waals surface area contributed by atoms with Gasteiger partial charge in [0.05, 0.1) is 12.2 Å². The molecule has 1 aliphatic rings. The summed E-state index contributed by atoms with van der Waals surface area (Å²) in [4.78, 5) is 14.8. The molecule has 0 radical (unpaired) electrons. The maximum absolute atomic E-state index is 10.9. The first-order valence-electron chi connectivity index (χ1n) is 7.61. The number of nitrogens with zero attached hydrogens (tertiary/aromatic N) is 1. The van der Waals surface area contributed by atoms with E-state index in [1.807, 2.05) is 0 Å².